The van der Waals surface area contributed by atoms with Gasteiger partial charge in [-0.2, -0.15) is 5.10 Å². The number of hydrogen-bond acceptors (Lipinski definition) is 2. The second kappa shape index (κ2) is 4.33. The average Bonchev–Trinajstić information content (AvgIpc) is 2.95. The van der Waals surface area contributed by atoms with E-state index in [1.807, 2.05) is 13.2 Å². The number of urea groups is 1. The van der Waals surface area contributed by atoms with Crippen molar-refractivity contribution in [2.75, 3.05) is 6.54 Å². The molecule has 0 radical (unpaired) electrons. The molecule has 0 aromatic carbocycles. The van der Waals surface area contributed by atoms with Crippen molar-refractivity contribution in [3.8, 4) is 0 Å². The van der Waals surface area contributed by atoms with Gasteiger partial charge in [-0.15, -0.1) is 0 Å². The van der Waals surface area contributed by atoms with Crippen LogP contribution in [0.5, 0.6) is 0 Å². The minimum absolute atomic E-state index is 0.0919. The maximum absolute atomic E-state index is 11.3. The number of carbonyl (C=O) groups excluding carboxylic acids is 1. The summed E-state index contributed by atoms with van der Waals surface area (Å²) in [7, 11) is 1.86. The predicted molar refractivity (Wildman–Crippen MR) is 56.2 cm³/mol. The van der Waals surface area contributed by atoms with Gasteiger partial charge in [0.25, 0.3) is 0 Å². The summed E-state index contributed by atoms with van der Waals surface area (Å²) in [5.41, 5.74) is 1.01. The molecule has 0 aliphatic heterocycles. The van der Waals surface area contributed by atoms with Crippen LogP contribution in [0.1, 0.15) is 18.4 Å². The molecule has 1 fully saturated rings. The molecule has 0 atom stereocenters. The predicted octanol–water partition coefficient (Wildman–Crippen LogP) is 0.629. The van der Waals surface area contributed by atoms with E-state index in [0.717, 1.165) is 12.1 Å². The minimum Gasteiger partial charge on any atom is -0.338 e. The van der Waals surface area contributed by atoms with Gasteiger partial charge in [0.2, 0.25) is 0 Å². The van der Waals surface area contributed by atoms with Crippen molar-refractivity contribution in [1.82, 2.24) is 20.4 Å². The lowest BCUT2D eigenvalue weighted by atomic mass is 10.3. The van der Waals surface area contributed by atoms with E-state index in [9.17, 15) is 4.79 Å². The van der Waals surface area contributed by atoms with Crippen molar-refractivity contribution >= 4 is 6.03 Å². The lowest BCUT2D eigenvalue weighted by molar-refractivity contribution is 0.240. The van der Waals surface area contributed by atoms with Crippen molar-refractivity contribution < 1.29 is 4.79 Å². The number of carbonyl (C=O) groups is 1. The van der Waals surface area contributed by atoms with Gasteiger partial charge in [0.05, 0.1) is 6.20 Å². The largest absolute Gasteiger partial charge is 0.338 e. The summed E-state index contributed by atoms with van der Waals surface area (Å²) < 4.78 is 1.72. The molecule has 2 rings (SSSR count). The molecule has 82 valence electrons. The van der Waals surface area contributed by atoms with Gasteiger partial charge in [0.1, 0.15) is 0 Å². The molecule has 1 aromatic rings. The highest BCUT2D eigenvalue weighted by atomic mass is 16.2. The SMILES string of the molecule is Cn1cc(CNC(=O)NCC2CC2)cn1. The number of rotatable bonds is 4. The summed E-state index contributed by atoms with van der Waals surface area (Å²) in [6, 6.07) is -0.0919. The zero-order valence-electron chi connectivity index (χ0n) is 8.86. The van der Waals surface area contributed by atoms with E-state index in [1.54, 1.807) is 10.9 Å². The fourth-order valence-corrected chi connectivity index (χ4v) is 1.37. The fraction of sp³-hybridized carbons (Fsp3) is 0.600. The number of nitrogens with zero attached hydrogens (tertiary/aromatic N) is 2. The molecule has 1 aliphatic rings. The molecule has 1 saturated carbocycles. The lowest BCUT2D eigenvalue weighted by Crippen LogP contribution is -2.36. The molecule has 0 saturated heterocycles. The average molecular weight is 208 g/mol. The minimum atomic E-state index is -0.0919. The molecule has 0 spiro atoms. The van der Waals surface area contributed by atoms with Crippen LogP contribution in [0.2, 0.25) is 0 Å². The topological polar surface area (TPSA) is 59.0 Å². The second-order valence-corrected chi connectivity index (χ2v) is 4.03. The van der Waals surface area contributed by atoms with Crippen LogP contribution in [0, 0.1) is 5.92 Å². The number of amides is 2. The molecule has 2 N–H and O–H groups in total. The molecule has 5 heteroatoms. The van der Waals surface area contributed by atoms with Gasteiger partial charge in [0, 0.05) is 31.9 Å². The van der Waals surface area contributed by atoms with Crippen LogP contribution >= 0.6 is 0 Å². The van der Waals surface area contributed by atoms with Crippen molar-refractivity contribution in [1.29, 1.82) is 0 Å². The van der Waals surface area contributed by atoms with Crippen LogP contribution in [-0.4, -0.2) is 22.4 Å². The van der Waals surface area contributed by atoms with Crippen molar-refractivity contribution in [3.05, 3.63) is 18.0 Å². The monoisotopic (exact) mass is 208 g/mol. The van der Waals surface area contributed by atoms with E-state index in [1.165, 1.54) is 12.8 Å². The number of nitrogens with one attached hydrogen (secondary N) is 2. The molecule has 1 aromatic heterocycles. The van der Waals surface area contributed by atoms with E-state index in [-0.39, 0.29) is 6.03 Å². The van der Waals surface area contributed by atoms with Crippen LogP contribution in [0.4, 0.5) is 4.79 Å². The summed E-state index contributed by atoms with van der Waals surface area (Å²) in [6.07, 6.45) is 6.15. The quantitative estimate of drug-likeness (QED) is 0.762. The summed E-state index contributed by atoms with van der Waals surface area (Å²) in [5, 5.41) is 9.66. The highest BCUT2D eigenvalue weighted by Gasteiger charge is 2.21. The highest BCUT2D eigenvalue weighted by molar-refractivity contribution is 5.73. The molecule has 0 unspecified atom stereocenters. The van der Waals surface area contributed by atoms with Gasteiger partial charge < -0.3 is 10.6 Å². The normalized spacial score (nSPS) is 15.0. The fourth-order valence-electron chi connectivity index (χ4n) is 1.37. The Hall–Kier alpha value is -1.52. The van der Waals surface area contributed by atoms with Gasteiger partial charge in [-0.25, -0.2) is 4.79 Å². The number of aromatic nitrogens is 2. The van der Waals surface area contributed by atoms with Crippen LogP contribution in [-0.2, 0) is 13.6 Å². The zero-order chi connectivity index (χ0) is 10.7. The van der Waals surface area contributed by atoms with E-state index in [4.69, 9.17) is 0 Å². The van der Waals surface area contributed by atoms with E-state index < -0.39 is 0 Å². The van der Waals surface area contributed by atoms with Crippen LogP contribution in [0.3, 0.4) is 0 Å². The molecular weight excluding hydrogens is 192 g/mol. The first-order valence-corrected chi connectivity index (χ1v) is 5.23. The third kappa shape index (κ3) is 3.27. The Morgan fingerprint density at radius 3 is 3.00 bits per heavy atom. The van der Waals surface area contributed by atoms with Gasteiger partial charge in [0.15, 0.2) is 0 Å². The number of hydrogen-bond donors (Lipinski definition) is 2. The first-order valence-electron chi connectivity index (χ1n) is 5.23. The zero-order valence-corrected chi connectivity index (χ0v) is 8.86. The van der Waals surface area contributed by atoms with Crippen molar-refractivity contribution in [2.24, 2.45) is 13.0 Å². The van der Waals surface area contributed by atoms with E-state index >= 15 is 0 Å². The van der Waals surface area contributed by atoms with Gasteiger partial charge in [-0.05, 0) is 18.8 Å². The lowest BCUT2D eigenvalue weighted by Gasteiger charge is -2.05. The molecule has 0 bridgehead atoms. The van der Waals surface area contributed by atoms with Crippen LogP contribution in [0.15, 0.2) is 12.4 Å². The van der Waals surface area contributed by atoms with Crippen molar-refractivity contribution in [2.45, 2.75) is 19.4 Å². The van der Waals surface area contributed by atoms with Crippen LogP contribution < -0.4 is 10.6 Å². The molecule has 15 heavy (non-hydrogen) atoms. The second-order valence-electron chi connectivity index (χ2n) is 4.03. The van der Waals surface area contributed by atoms with Gasteiger partial charge >= 0.3 is 6.03 Å². The smallest absolute Gasteiger partial charge is 0.315 e. The Bertz CT molecular complexity index is 343. The Labute approximate surface area is 88.8 Å². The molecule has 1 aliphatic carbocycles. The summed E-state index contributed by atoms with van der Waals surface area (Å²) in [4.78, 5) is 11.3. The molecule has 2 amide bonds. The molecule has 1 heterocycles. The highest BCUT2D eigenvalue weighted by Crippen LogP contribution is 2.27. The number of aryl methyl sites for hydroxylation is 1. The summed E-state index contributed by atoms with van der Waals surface area (Å²) in [5.74, 6) is 0.717. The Balaban J connectivity index is 1.65. The molecule has 5 nitrogen and oxygen atoms in total. The van der Waals surface area contributed by atoms with Crippen LogP contribution in [0.25, 0.3) is 0 Å². The standard InChI is InChI=1S/C10H16N4O/c1-14-7-9(6-13-14)5-12-10(15)11-4-8-2-3-8/h6-8H,2-5H2,1H3,(H2,11,12,15). The first-order chi connectivity index (χ1) is 7.24. The Morgan fingerprint density at radius 2 is 2.40 bits per heavy atom. The molecular formula is C10H16N4O. The Morgan fingerprint density at radius 1 is 1.60 bits per heavy atom. The summed E-state index contributed by atoms with van der Waals surface area (Å²) in [6.45, 7) is 1.34. The van der Waals surface area contributed by atoms with Gasteiger partial charge in [-0.1, -0.05) is 0 Å². The Kier molecular flexibility index (Phi) is 2.89. The summed E-state index contributed by atoms with van der Waals surface area (Å²) >= 11 is 0. The van der Waals surface area contributed by atoms with Gasteiger partial charge in [-0.3, -0.25) is 4.68 Å². The van der Waals surface area contributed by atoms with E-state index in [0.29, 0.717) is 12.5 Å². The first kappa shape index (κ1) is 10.0. The van der Waals surface area contributed by atoms with Crippen molar-refractivity contribution in [3.63, 3.8) is 0 Å². The maximum atomic E-state index is 11.3. The maximum Gasteiger partial charge on any atom is 0.315 e. The van der Waals surface area contributed by atoms with E-state index in [2.05, 4.69) is 15.7 Å². The third-order valence-electron chi connectivity index (χ3n) is 2.46. The third-order valence-corrected chi connectivity index (χ3v) is 2.46.